The van der Waals surface area contributed by atoms with E-state index < -0.39 is 5.60 Å². The normalized spacial score (nSPS) is 18.6. The summed E-state index contributed by atoms with van der Waals surface area (Å²) in [5.41, 5.74) is 3.00. The topological polar surface area (TPSA) is 49.8 Å². The highest BCUT2D eigenvalue weighted by molar-refractivity contribution is 5.69. The van der Waals surface area contributed by atoms with Crippen molar-refractivity contribution in [2.75, 3.05) is 6.61 Å². The minimum absolute atomic E-state index is 0.0490. The highest BCUT2D eigenvalue weighted by Crippen LogP contribution is 2.26. The lowest BCUT2D eigenvalue weighted by Crippen LogP contribution is -2.48. The fourth-order valence-corrected chi connectivity index (χ4v) is 2.47. The van der Waals surface area contributed by atoms with E-state index in [0.717, 1.165) is 5.56 Å². The number of aliphatic hydroxyl groups is 1. The molecule has 1 heterocycles. The summed E-state index contributed by atoms with van der Waals surface area (Å²) in [4.78, 5) is 13.9. The molecule has 0 saturated heterocycles. The number of nitrogens with zero attached hydrogens (tertiary/aromatic N) is 1. The van der Waals surface area contributed by atoms with Crippen molar-refractivity contribution in [3.8, 4) is 0 Å². The Balaban J connectivity index is 2.23. The third kappa shape index (κ3) is 3.31. The second-order valence-corrected chi connectivity index (χ2v) is 6.42. The number of aliphatic hydroxyl groups excluding tert-OH is 1. The molecule has 20 heavy (non-hydrogen) atoms. The van der Waals surface area contributed by atoms with E-state index in [4.69, 9.17) is 4.74 Å². The number of carbonyl (C=O) groups is 1. The van der Waals surface area contributed by atoms with Crippen molar-refractivity contribution in [3.05, 3.63) is 34.9 Å². The molecular formula is C16H23NO3. The van der Waals surface area contributed by atoms with Crippen molar-refractivity contribution < 1.29 is 14.6 Å². The predicted molar refractivity (Wildman–Crippen MR) is 77.5 cm³/mol. The van der Waals surface area contributed by atoms with Gasteiger partial charge in [0.15, 0.2) is 0 Å². The average molecular weight is 277 g/mol. The van der Waals surface area contributed by atoms with Crippen LogP contribution in [-0.4, -0.2) is 34.3 Å². The van der Waals surface area contributed by atoms with Gasteiger partial charge in [-0.05, 0) is 45.2 Å². The fraction of sp³-hybridized carbons (Fsp3) is 0.562. The molecule has 2 rings (SSSR count). The van der Waals surface area contributed by atoms with Gasteiger partial charge in [-0.15, -0.1) is 0 Å². The molecule has 0 spiro atoms. The Morgan fingerprint density at radius 1 is 1.40 bits per heavy atom. The maximum Gasteiger partial charge on any atom is 0.410 e. The lowest BCUT2D eigenvalue weighted by molar-refractivity contribution is 0.00461. The van der Waals surface area contributed by atoms with Gasteiger partial charge in [0.2, 0.25) is 0 Å². The number of benzene rings is 1. The number of hydrogen-bond donors (Lipinski definition) is 1. The molecule has 1 aliphatic heterocycles. The zero-order valence-electron chi connectivity index (χ0n) is 12.6. The Labute approximate surface area is 120 Å². The number of rotatable bonds is 1. The smallest absolute Gasteiger partial charge is 0.410 e. The largest absolute Gasteiger partial charge is 0.444 e. The molecule has 0 bridgehead atoms. The summed E-state index contributed by atoms with van der Waals surface area (Å²) in [6.07, 6.45) is 0.314. The number of aryl methyl sites for hydroxylation is 1. The Morgan fingerprint density at radius 2 is 2.10 bits per heavy atom. The molecule has 1 aromatic carbocycles. The molecule has 0 radical (unpaired) electrons. The van der Waals surface area contributed by atoms with Crippen molar-refractivity contribution in [1.29, 1.82) is 0 Å². The van der Waals surface area contributed by atoms with Crippen LogP contribution < -0.4 is 0 Å². The van der Waals surface area contributed by atoms with Crippen molar-refractivity contribution in [1.82, 2.24) is 4.90 Å². The first-order valence-electron chi connectivity index (χ1n) is 6.99. The molecule has 4 heteroatoms. The Bertz CT molecular complexity index is 505. The van der Waals surface area contributed by atoms with Gasteiger partial charge in [-0.3, -0.25) is 4.90 Å². The van der Waals surface area contributed by atoms with E-state index in [1.807, 2.05) is 27.7 Å². The van der Waals surface area contributed by atoms with Crippen molar-refractivity contribution >= 4 is 6.09 Å². The van der Waals surface area contributed by atoms with E-state index in [-0.39, 0.29) is 18.7 Å². The van der Waals surface area contributed by atoms with E-state index >= 15 is 0 Å². The van der Waals surface area contributed by atoms with Gasteiger partial charge in [-0.25, -0.2) is 4.79 Å². The second kappa shape index (κ2) is 5.44. The number of fused-ring (bicyclic) bond motifs is 1. The summed E-state index contributed by atoms with van der Waals surface area (Å²) in [5.74, 6) is 0. The Kier molecular flexibility index (Phi) is 4.04. The molecule has 1 atom stereocenters. The van der Waals surface area contributed by atoms with E-state index in [1.165, 1.54) is 11.1 Å². The number of hydrogen-bond acceptors (Lipinski definition) is 3. The van der Waals surface area contributed by atoms with Gasteiger partial charge in [0.05, 0.1) is 12.6 Å². The minimum Gasteiger partial charge on any atom is -0.444 e. The van der Waals surface area contributed by atoms with E-state index in [1.54, 1.807) is 4.90 Å². The average Bonchev–Trinajstić information content (AvgIpc) is 2.35. The van der Waals surface area contributed by atoms with Gasteiger partial charge in [0, 0.05) is 6.54 Å². The summed E-state index contributed by atoms with van der Waals surface area (Å²) in [6.45, 7) is 8.03. The molecule has 4 nitrogen and oxygen atoms in total. The van der Waals surface area contributed by atoms with Crippen molar-refractivity contribution in [3.63, 3.8) is 0 Å². The van der Waals surface area contributed by atoms with E-state index in [0.29, 0.717) is 13.0 Å². The van der Waals surface area contributed by atoms with Crippen molar-refractivity contribution in [2.45, 2.75) is 52.3 Å². The molecule has 0 unspecified atom stereocenters. The zero-order chi connectivity index (χ0) is 14.9. The maximum absolute atomic E-state index is 12.3. The van der Waals surface area contributed by atoms with E-state index in [9.17, 15) is 9.90 Å². The predicted octanol–water partition coefficient (Wildman–Crippen LogP) is 2.65. The van der Waals surface area contributed by atoms with Gasteiger partial charge in [-0.1, -0.05) is 23.8 Å². The molecule has 1 aliphatic rings. The Morgan fingerprint density at radius 3 is 2.70 bits per heavy atom. The van der Waals surface area contributed by atoms with Crippen molar-refractivity contribution in [2.24, 2.45) is 0 Å². The zero-order valence-corrected chi connectivity index (χ0v) is 12.6. The van der Waals surface area contributed by atoms with Crippen LogP contribution in [0.15, 0.2) is 18.2 Å². The minimum atomic E-state index is -0.524. The molecule has 0 aliphatic carbocycles. The lowest BCUT2D eigenvalue weighted by atomic mass is 9.93. The summed E-state index contributed by atoms with van der Waals surface area (Å²) >= 11 is 0. The molecule has 0 fully saturated rings. The van der Waals surface area contributed by atoms with Gasteiger partial charge in [-0.2, -0.15) is 0 Å². The second-order valence-electron chi connectivity index (χ2n) is 6.42. The first-order chi connectivity index (χ1) is 9.30. The van der Waals surface area contributed by atoms with Crippen LogP contribution in [0.25, 0.3) is 0 Å². The highest BCUT2D eigenvalue weighted by atomic mass is 16.6. The quantitative estimate of drug-likeness (QED) is 0.858. The number of amides is 1. The fourth-order valence-electron chi connectivity index (χ4n) is 2.47. The third-order valence-corrected chi connectivity index (χ3v) is 3.44. The van der Waals surface area contributed by atoms with E-state index in [2.05, 4.69) is 18.2 Å². The SMILES string of the molecule is Cc1ccc2c(c1)CN(C(=O)OC(C)(C)C)[C@H](CO)C2. The molecule has 0 saturated carbocycles. The number of ether oxygens (including phenoxy) is 1. The van der Waals surface area contributed by atoms with Gasteiger partial charge < -0.3 is 9.84 Å². The van der Waals surface area contributed by atoms with Crippen LogP contribution in [0.3, 0.4) is 0 Å². The van der Waals surface area contributed by atoms with Crippen LogP contribution in [0.4, 0.5) is 4.79 Å². The summed E-state index contributed by atoms with van der Waals surface area (Å²) in [6, 6.07) is 6.04. The van der Waals surface area contributed by atoms with Gasteiger partial charge >= 0.3 is 6.09 Å². The summed E-state index contributed by atoms with van der Waals surface area (Å²) in [5, 5.41) is 9.54. The number of carbonyl (C=O) groups excluding carboxylic acids is 1. The molecule has 1 N–H and O–H groups in total. The lowest BCUT2D eigenvalue weighted by Gasteiger charge is -2.37. The molecule has 1 amide bonds. The van der Waals surface area contributed by atoms with Crippen LogP contribution in [-0.2, 0) is 17.7 Å². The summed E-state index contributed by atoms with van der Waals surface area (Å²) in [7, 11) is 0. The monoisotopic (exact) mass is 277 g/mol. The van der Waals surface area contributed by atoms with Crippen LogP contribution in [0.1, 0.15) is 37.5 Å². The van der Waals surface area contributed by atoms with Gasteiger partial charge in [0.1, 0.15) is 5.60 Å². The first kappa shape index (κ1) is 14.9. The molecule has 110 valence electrons. The van der Waals surface area contributed by atoms with Crippen LogP contribution in [0.5, 0.6) is 0 Å². The first-order valence-corrected chi connectivity index (χ1v) is 6.99. The summed E-state index contributed by atoms with van der Waals surface area (Å²) < 4.78 is 5.43. The highest BCUT2D eigenvalue weighted by Gasteiger charge is 2.32. The molecule has 1 aromatic rings. The molecular weight excluding hydrogens is 254 g/mol. The molecule has 0 aromatic heterocycles. The maximum atomic E-state index is 12.3. The van der Waals surface area contributed by atoms with Crippen LogP contribution in [0.2, 0.25) is 0 Å². The standard InChI is InChI=1S/C16H23NO3/c1-11-5-6-12-8-14(10-18)17(9-13(12)7-11)15(19)20-16(2,3)4/h5-7,14,18H,8-10H2,1-4H3/t14-/m0/s1. The van der Waals surface area contributed by atoms with Gasteiger partial charge in [0.25, 0.3) is 0 Å². The third-order valence-electron chi connectivity index (χ3n) is 3.44. The van der Waals surface area contributed by atoms with Crippen LogP contribution in [0, 0.1) is 6.92 Å². The van der Waals surface area contributed by atoms with Crippen LogP contribution >= 0.6 is 0 Å². The Hall–Kier alpha value is -1.55.